The van der Waals surface area contributed by atoms with E-state index in [1.165, 1.54) is 5.56 Å². The molecular formula is C22H27NO2. The number of hydrogen-bond acceptors (Lipinski definition) is 2. The molecule has 132 valence electrons. The van der Waals surface area contributed by atoms with Crippen molar-refractivity contribution in [1.29, 1.82) is 0 Å². The molecule has 1 amide bonds. The Balaban J connectivity index is 1.53. The van der Waals surface area contributed by atoms with E-state index >= 15 is 0 Å². The first-order valence-corrected chi connectivity index (χ1v) is 9.16. The molecule has 3 unspecified atom stereocenters. The van der Waals surface area contributed by atoms with Crippen LogP contribution in [0.5, 0.6) is 0 Å². The molecule has 0 N–H and O–H groups in total. The average Bonchev–Trinajstić information content (AvgIpc) is 2.67. The molecule has 3 atom stereocenters. The number of benzene rings is 2. The fourth-order valence-corrected chi connectivity index (χ4v) is 3.53. The minimum absolute atomic E-state index is 0.0922. The summed E-state index contributed by atoms with van der Waals surface area (Å²) in [6.07, 6.45) is 2.04. The van der Waals surface area contributed by atoms with Crippen LogP contribution in [0.1, 0.15) is 43.7 Å². The van der Waals surface area contributed by atoms with E-state index in [0.717, 1.165) is 24.9 Å². The van der Waals surface area contributed by atoms with Crippen molar-refractivity contribution >= 4 is 5.91 Å². The lowest BCUT2D eigenvalue weighted by Gasteiger charge is -2.39. The Morgan fingerprint density at radius 3 is 2.40 bits per heavy atom. The Bertz CT molecular complexity index is 671. The second-order valence-corrected chi connectivity index (χ2v) is 6.96. The van der Waals surface area contributed by atoms with Gasteiger partial charge in [0.15, 0.2) is 0 Å². The maximum absolute atomic E-state index is 12.9. The fraction of sp³-hybridized carbons (Fsp3) is 0.409. The zero-order chi connectivity index (χ0) is 17.6. The van der Waals surface area contributed by atoms with Crippen molar-refractivity contribution in [2.24, 2.45) is 0 Å². The average molecular weight is 337 g/mol. The van der Waals surface area contributed by atoms with Crippen molar-refractivity contribution in [1.82, 2.24) is 4.90 Å². The number of rotatable bonds is 5. The van der Waals surface area contributed by atoms with Gasteiger partial charge in [-0.25, -0.2) is 0 Å². The second kappa shape index (κ2) is 8.30. The topological polar surface area (TPSA) is 29.5 Å². The number of piperidine rings is 1. The van der Waals surface area contributed by atoms with Crippen LogP contribution in [0.4, 0.5) is 0 Å². The third kappa shape index (κ3) is 4.49. The number of amides is 1. The van der Waals surface area contributed by atoms with Crippen LogP contribution in [0, 0.1) is 0 Å². The van der Waals surface area contributed by atoms with Crippen LogP contribution in [0.2, 0.25) is 0 Å². The highest BCUT2D eigenvalue weighted by atomic mass is 16.5. The molecule has 2 aromatic rings. The van der Waals surface area contributed by atoms with Gasteiger partial charge < -0.3 is 9.64 Å². The molecule has 0 aliphatic carbocycles. The van der Waals surface area contributed by atoms with E-state index in [-0.39, 0.29) is 24.0 Å². The molecule has 0 saturated carbocycles. The van der Waals surface area contributed by atoms with Crippen molar-refractivity contribution in [3.63, 3.8) is 0 Å². The number of ether oxygens (including phenoxy) is 1. The molecule has 1 aliphatic heterocycles. The summed E-state index contributed by atoms with van der Waals surface area (Å²) in [4.78, 5) is 14.9. The molecule has 0 bridgehead atoms. The zero-order valence-electron chi connectivity index (χ0n) is 15.1. The summed E-state index contributed by atoms with van der Waals surface area (Å²) < 4.78 is 6.07. The van der Waals surface area contributed by atoms with E-state index in [9.17, 15) is 4.79 Å². The van der Waals surface area contributed by atoms with Crippen LogP contribution < -0.4 is 0 Å². The maximum atomic E-state index is 12.9. The highest BCUT2D eigenvalue weighted by Crippen LogP contribution is 2.25. The molecule has 0 radical (unpaired) electrons. The smallest absolute Gasteiger partial charge is 0.230 e. The Morgan fingerprint density at radius 2 is 1.76 bits per heavy atom. The monoisotopic (exact) mass is 337 g/mol. The summed E-state index contributed by atoms with van der Waals surface area (Å²) in [5.74, 6) is 0.130. The molecule has 1 saturated heterocycles. The Morgan fingerprint density at radius 1 is 1.12 bits per heavy atom. The molecule has 3 nitrogen and oxygen atoms in total. The summed E-state index contributed by atoms with van der Waals surface area (Å²) in [7, 11) is 0. The number of carbonyl (C=O) groups excluding carboxylic acids is 1. The molecule has 1 aliphatic rings. The first-order chi connectivity index (χ1) is 12.1. The number of nitrogens with zero attached hydrogens (tertiary/aromatic N) is 1. The number of likely N-dealkylation sites (tertiary alicyclic amines) is 1. The van der Waals surface area contributed by atoms with Gasteiger partial charge in [0, 0.05) is 12.6 Å². The molecule has 3 heteroatoms. The third-order valence-corrected chi connectivity index (χ3v) is 5.11. The Labute approximate surface area is 150 Å². The van der Waals surface area contributed by atoms with Crippen molar-refractivity contribution in [3.05, 3.63) is 71.8 Å². The third-order valence-electron chi connectivity index (χ3n) is 5.11. The molecule has 1 heterocycles. The van der Waals surface area contributed by atoms with Gasteiger partial charge in [0.25, 0.3) is 0 Å². The van der Waals surface area contributed by atoms with Gasteiger partial charge >= 0.3 is 0 Å². The van der Waals surface area contributed by atoms with Crippen LogP contribution in [0.25, 0.3) is 0 Å². The van der Waals surface area contributed by atoms with Crippen molar-refractivity contribution in [2.75, 3.05) is 6.54 Å². The van der Waals surface area contributed by atoms with Crippen LogP contribution in [-0.4, -0.2) is 29.5 Å². The lowest BCUT2D eigenvalue weighted by Crippen LogP contribution is -2.48. The van der Waals surface area contributed by atoms with Gasteiger partial charge in [-0.1, -0.05) is 60.7 Å². The highest BCUT2D eigenvalue weighted by Gasteiger charge is 2.31. The predicted octanol–water partition coefficient (Wildman–Crippen LogP) is 4.39. The largest absolute Gasteiger partial charge is 0.373 e. The normalized spacial score (nSPS) is 21.8. The van der Waals surface area contributed by atoms with Gasteiger partial charge in [-0.2, -0.15) is 0 Å². The maximum Gasteiger partial charge on any atom is 0.230 e. The van der Waals surface area contributed by atoms with E-state index in [2.05, 4.69) is 19.1 Å². The van der Waals surface area contributed by atoms with E-state index in [1.807, 2.05) is 60.4 Å². The molecule has 0 spiro atoms. The molecule has 0 aromatic heterocycles. The quantitative estimate of drug-likeness (QED) is 0.810. The van der Waals surface area contributed by atoms with Crippen LogP contribution in [0.3, 0.4) is 0 Å². The summed E-state index contributed by atoms with van der Waals surface area (Å²) in [5.41, 5.74) is 2.29. The van der Waals surface area contributed by atoms with Crippen LogP contribution in [0.15, 0.2) is 60.7 Å². The minimum atomic E-state index is -0.0922. The summed E-state index contributed by atoms with van der Waals surface area (Å²) in [6.45, 7) is 5.55. The summed E-state index contributed by atoms with van der Waals surface area (Å²) >= 11 is 0. The van der Waals surface area contributed by atoms with Gasteiger partial charge in [-0.05, 0) is 37.8 Å². The lowest BCUT2D eigenvalue weighted by atomic mass is 9.95. The Hall–Kier alpha value is -2.13. The van der Waals surface area contributed by atoms with E-state index in [1.54, 1.807) is 0 Å². The first kappa shape index (κ1) is 17.7. The Kier molecular flexibility index (Phi) is 5.87. The minimum Gasteiger partial charge on any atom is -0.373 e. The van der Waals surface area contributed by atoms with Crippen LogP contribution >= 0.6 is 0 Å². The SMILES string of the molecule is CC(C(=O)N1CCC(OCc2ccccc2)CC1C)c1ccccc1. The van der Waals surface area contributed by atoms with Crippen molar-refractivity contribution < 1.29 is 9.53 Å². The summed E-state index contributed by atoms with van der Waals surface area (Å²) in [6, 6.07) is 20.5. The second-order valence-electron chi connectivity index (χ2n) is 6.96. The van der Waals surface area contributed by atoms with Crippen LogP contribution in [-0.2, 0) is 16.1 Å². The molecule has 2 aromatic carbocycles. The molecule has 25 heavy (non-hydrogen) atoms. The zero-order valence-corrected chi connectivity index (χ0v) is 15.1. The van der Waals surface area contributed by atoms with Gasteiger partial charge in [-0.15, -0.1) is 0 Å². The van der Waals surface area contributed by atoms with Crippen molar-refractivity contribution in [2.45, 2.75) is 51.4 Å². The van der Waals surface area contributed by atoms with Gasteiger partial charge in [0.1, 0.15) is 0 Å². The van der Waals surface area contributed by atoms with E-state index < -0.39 is 0 Å². The first-order valence-electron chi connectivity index (χ1n) is 9.16. The van der Waals surface area contributed by atoms with Gasteiger partial charge in [0.2, 0.25) is 5.91 Å². The van der Waals surface area contributed by atoms with Gasteiger partial charge in [-0.3, -0.25) is 4.79 Å². The number of hydrogen-bond donors (Lipinski definition) is 0. The lowest BCUT2D eigenvalue weighted by molar-refractivity contribution is -0.138. The molecule has 3 rings (SSSR count). The van der Waals surface area contributed by atoms with Crippen molar-refractivity contribution in [3.8, 4) is 0 Å². The van der Waals surface area contributed by atoms with E-state index in [0.29, 0.717) is 6.61 Å². The standard InChI is InChI=1S/C22H27NO2/c1-17-15-21(25-16-19-9-5-3-6-10-19)13-14-23(17)22(24)18(2)20-11-7-4-8-12-20/h3-12,17-18,21H,13-16H2,1-2H3. The summed E-state index contributed by atoms with van der Waals surface area (Å²) in [5, 5.41) is 0. The van der Waals surface area contributed by atoms with E-state index in [4.69, 9.17) is 4.74 Å². The predicted molar refractivity (Wildman–Crippen MR) is 100 cm³/mol. The molecule has 1 fully saturated rings. The van der Waals surface area contributed by atoms with Gasteiger partial charge in [0.05, 0.1) is 18.6 Å². The fourth-order valence-electron chi connectivity index (χ4n) is 3.53. The highest BCUT2D eigenvalue weighted by molar-refractivity contribution is 5.83. The number of carbonyl (C=O) groups is 1. The molecular weight excluding hydrogens is 310 g/mol.